The van der Waals surface area contributed by atoms with E-state index in [1.165, 1.54) is 12.8 Å². The number of rotatable bonds is 10. The Morgan fingerprint density at radius 1 is 1.06 bits per heavy atom. The predicted octanol–water partition coefficient (Wildman–Crippen LogP) is 7.04. The Bertz CT molecular complexity index is 682. The molecule has 4 nitrogen and oxygen atoms in total. The van der Waals surface area contributed by atoms with Crippen LogP contribution in [0, 0.1) is 41.4 Å². The smallest absolute Gasteiger partial charge is 0.192 e. The summed E-state index contributed by atoms with van der Waals surface area (Å²) in [7, 11) is -1.94. The van der Waals surface area contributed by atoms with Gasteiger partial charge >= 0.3 is 0 Å². The van der Waals surface area contributed by atoms with Crippen molar-refractivity contribution >= 4 is 8.32 Å². The summed E-state index contributed by atoms with van der Waals surface area (Å²) in [6, 6.07) is 0. The molecule has 0 amide bonds. The fourth-order valence-electron chi connectivity index (χ4n) is 7.88. The van der Waals surface area contributed by atoms with Crippen LogP contribution in [0.25, 0.3) is 0 Å². The van der Waals surface area contributed by atoms with Gasteiger partial charge in [0.25, 0.3) is 0 Å². The Morgan fingerprint density at radius 3 is 2.18 bits per heavy atom. The predicted molar refractivity (Wildman–Crippen MR) is 143 cm³/mol. The van der Waals surface area contributed by atoms with Crippen LogP contribution in [0.3, 0.4) is 0 Å². The number of hydrogen-bond acceptors (Lipinski definition) is 4. The topological polar surface area (TPSA) is 47.9 Å². The van der Waals surface area contributed by atoms with Gasteiger partial charge in [-0.05, 0) is 93.2 Å². The Balaban J connectivity index is 2.02. The number of hydrogen-bond donors (Lipinski definition) is 1. The maximum absolute atomic E-state index is 12.4. The number of aliphatic hydroxyl groups is 1. The van der Waals surface area contributed by atoms with E-state index in [2.05, 4.69) is 54.3 Å². The summed E-state index contributed by atoms with van der Waals surface area (Å²) in [5.41, 5.74) is -0.852. The van der Waals surface area contributed by atoms with Crippen LogP contribution < -0.4 is 0 Å². The Hall–Kier alpha value is -0.203. The molecular weight excluding hydrogens is 440 g/mol. The van der Waals surface area contributed by atoms with E-state index in [4.69, 9.17) is 13.9 Å². The molecule has 3 saturated carbocycles. The zero-order valence-corrected chi connectivity index (χ0v) is 24.6. The highest BCUT2D eigenvalue weighted by molar-refractivity contribution is 6.74. The van der Waals surface area contributed by atoms with Crippen molar-refractivity contribution in [3.63, 3.8) is 0 Å². The van der Waals surface area contributed by atoms with Gasteiger partial charge in [0.2, 0.25) is 0 Å². The summed E-state index contributed by atoms with van der Waals surface area (Å²) in [6.45, 7) is 25.9. The minimum atomic E-state index is -1.94. The highest BCUT2D eigenvalue weighted by Gasteiger charge is 2.64. The van der Waals surface area contributed by atoms with E-state index in [1.54, 1.807) is 0 Å². The summed E-state index contributed by atoms with van der Waals surface area (Å²) < 4.78 is 19.4. The van der Waals surface area contributed by atoms with Crippen molar-refractivity contribution in [2.45, 2.75) is 117 Å². The van der Waals surface area contributed by atoms with Crippen molar-refractivity contribution < 1.29 is 19.0 Å². The van der Waals surface area contributed by atoms with Crippen LogP contribution in [0.4, 0.5) is 0 Å². The molecule has 0 aromatic carbocycles. The van der Waals surface area contributed by atoms with Crippen molar-refractivity contribution in [2.24, 2.45) is 41.4 Å². The first-order valence-corrected chi connectivity index (χ1v) is 17.0. The van der Waals surface area contributed by atoms with Gasteiger partial charge < -0.3 is 19.0 Å². The Labute approximate surface area is 211 Å². The van der Waals surface area contributed by atoms with E-state index in [9.17, 15) is 5.11 Å². The van der Waals surface area contributed by atoms with Crippen LogP contribution in [-0.4, -0.2) is 44.6 Å². The second-order valence-electron chi connectivity index (χ2n) is 13.1. The summed E-state index contributed by atoms with van der Waals surface area (Å²) in [6.07, 6.45) is 6.78. The monoisotopic (exact) mass is 494 g/mol. The van der Waals surface area contributed by atoms with Gasteiger partial charge in [-0.1, -0.05) is 47.1 Å². The lowest BCUT2D eigenvalue weighted by atomic mass is 9.63. The zero-order valence-electron chi connectivity index (χ0n) is 23.6. The fraction of sp³-hybridized carbons (Fsp3) is 0.931. The van der Waals surface area contributed by atoms with Crippen molar-refractivity contribution in [3.8, 4) is 0 Å². The average Bonchev–Trinajstić information content (AvgIpc) is 3.21. The molecule has 0 radical (unpaired) electrons. The average molecular weight is 495 g/mol. The van der Waals surface area contributed by atoms with Crippen LogP contribution in [0.2, 0.25) is 18.1 Å². The van der Waals surface area contributed by atoms with E-state index < -0.39 is 13.9 Å². The van der Waals surface area contributed by atoms with E-state index in [-0.39, 0.29) is 29.3 Å². The number of ether oxygens (including phenoxy) is 2. The van der Waals surface area contributed by atoms with Crippen molar-refractivity contribution in [2.75, 3.05) is 13.2 Å². The molecule has 1 N–H and O–H groups in total. The molecule has 198 valence electrons. The van der Waals surface area contributed by atoms with Crippen molar-refractivity contribution in [1.82, 2.24) is 0 Å². The molecule has 0 spiro atoms. The second-order valence-corrected chi connectivity index (χ2v) is 17.8. The van der Waals surface area contributed by atoms with Gasteiger partial charge in [0.15, 0.2) is 14.6 Å². The minimum absolute atomic E-state index is 0.0244. The molecule has 34 heavy (non-hydrogen) atoms. The van der Waals surface area contributed by atoms with Crippen LogP contribution in [-0.2, 0) is 13.9 Å². The van der Waals surface area contributed by atoms with Gasteiger partial charge in [-0.15, -0.1) is 6.58 Å². The van der Waals surface area contributed by atoms with Gasteiger partial charge in [-0.2, -0.15) is 0 Å². The van der Waals surface area contributed by atoms with Gasteiger partial charge in [-0.25, -0.2) is 0 Å². The molecule has 9 atom stereocenters. The molecule has 0 heterocycles. The lowest BCUT2D eigenvalue weighted by Gasteiger charge is -2.50. The maximum atomic E-state index is 12.4. The summed E-state index contributed by atoms with van der Waals surface area (Å²) in [5.74, 6) is 3.31. The van der Waals surface area contributed by atoms with Gasteiger partial charge in [0.05, 0.1) is 5.60 Å². The standard InChI is InChI=1S/C29H54O4Si/c1-11-15-29(30)23-18-25(33-34(9,10)28(6,7)8)26-20(12-2)19(5)16-22(26)21(23)17-24(29)27(31-13-3)32-14-4/h11,19-27,30H,1,12-18H2,2-10H3/t19-,20-,21-,22-,23+,24-,25-,26+,29-/m1/s1. The van der Waals surface area contributed by atoms with Crippen molar-refractivity contribution in [3.05, 3.63) is 12.7 Å². The minimum Gasteiger partial charge on any atom is -0.414 e. The first-order valence-electron chi connectivity index (χ1n) is 14.1. The molecule has 0 bridgehead atoms. The lowest BCUT2D eigenvalue weighted by molar-refractivity contribution is -0.208. The molecule has 3 rings (SSSR count). The molecule has 0 aromatic rings. The van der Waals surface area contributed by atoms with E-state index in [1.807, 2.05) is 19.9 Å². The molecule has 0 aliphatic heterocycles. The third kappa shape index (κ3) is 4.98. The van der Waals surface area contributed by atoms with Crippen LogP contribution in [0.15, 0.2) is 12.7 Å². The second kappa shape index (κ2) is 10.7. The molecule has 3 aliphatic rings. The highest BCUT2D eigenvalue weighted by atomic mass is 28.4. The lowest BCUT2D eigenvalue weighted by Crippen LogP contribution is -2.54. The van der Waals surface area contributed by atoms with Crippen molar-refractivity contribution in [1.29, 1.82) is 0 Å². The summed E-state index contributed by atoms with van der Waals surface area (Å²) >= 11 is 0. The first kappa shape index (κ1) is 28.4. The van der Waals surface area contributed by atoms with Gasteiger partial charge in [0, 0.05) is 25.2 Å². The van der Waals surface area contributed by atoms with E-state index in [0.29, 0.717) is 49.2 Å². The zero-order chi connectivity index (χ0) is 25.5. The van der Waals surface area contributed by atoms with E-state index in [0.717, 1.165) is 12.8 Å². The molecule has 0 saturated heterocycles. The first-order chi connectivity index (χ1) is 15.9. The number of fused-ring (bicyclic) bond motifs is 3. The third-order valence-corrected chi connectivity index (χ3v) is 14.8. The Morgan fingerprint density at radius 2 is 1.68 bits per heavy atom. The third-order valence-electron chi connectivity index (χ3n) is 10.3. The van der Waals surface area contributed by atoms with Crippen LogP contribution in [0.5, 0.6) is 0 Å². The molecule has 3 aliphatic carbocycles. The van der Waals surface area contributed by atoms with E-state index >= 15 is 0 Å². The molecule has 0 aromatic heterocycles. The quantitative estimate of drug-likeness (QED) is 0.201. The molecular formula is C29H54O4Si. The summed E-state index contributed by atoms with van der Waals surface area (Å²) in [4.78, 5) is 0. The molecule has 5 heteroatoms. The SMILES string of the molecule is C=CC[C@]1(O)[C@@H](C(OCC)OCC)C[C@@H]2[C@H]3C[C@@H](C)[C@@H](CC)[C@@H]3[C@H](O[Si](C)(C)C(C)(C)C)C[C@@H]21. The van der Waals surface area contributed by atoms with Gasteiger partial charge in [0.1, 0.15) is 0 Å². The normalized spacial score (nSPS) is 40.4. The molecule has 0 unspecified atom stereocenters. The van der Waals surface area contributed by atoms with Crippen LogP contribution in [0.1, 0.15) is 80.6 Å². The molecule has 3 fully saturated rings. The fourth-order valence-corrected chi connectivity index (χ4v) is 9.25. The highest BCUT2D eigenvalue weighted by Crippen LogP contribution is 2.64. The largest absolute Gasteiger partial charge is 0.414 e. The van der Waals surface area contributed by atoms with Gasteiger partial charge in [-0.3, -0.25) is 0 Å². The van der Waals surface area contributed by atoms with Crippen LogP contribution >= 0.6 is 0 Å². The Kier molecular flexibility index (Phi) is 8.89. The summed E-state index contributed by atoms with van der Waals surface area (Å²) in [5, 5.41) is 12.6. The maximum Gasteiger partial charge on any atom is 0.192 e.